The van der Waals surface area contributed by atoms with Gasteiger partial charge in [0.15, 0.2) is 0 Å². The number of nitrogens with zero attached hydrogens (tertiary/aromatic N) is 3. The van der Waals surface area contributed by atoms with Crippen molar-refractivity contribution in [2.45, 2.75) is 0 Å². The lowest BCUT2D eigenvalue weighted by atomic mass is 10.1. The lowest BCUT2D eigenvalue weighted by molar-refractivity contribution is 0.466. The van der Waals surface area contributed by atoms with Crippen molar-refractivity contribution in [2.75, 3.05) is 0 Å². The third kappa shape index (κ3) is 2.00. The Hall–Kier alpha value is -2.37. The fourth-order valence-electron chi connectivity index (χ4n) is 1.15. The van der Waals surface area contributed by atoms with Gasteiger partial charge < -0.3 is 4.74 Å². The second-order valence-electron chi connectivity index (χ2n) is 2.86. The van der Waals surface area contributed by atoms with Gasteiger partial charge in [0.25, 0.3) is 0 Å². The number of hydrogen-bond donors (Lipinski definition) is 0. The van der Waals surface area contributed by atoms with E-state index in [0.29, 0.717) is 22.8 Å². The molecular formula is C11H5N3OS. The van der Waals surface area contributed by atoms with Crippen LogP contribution < -0.4 is 4.74 Å². The van der Waals surface area contributed by atoms with Crippen molar-refractivity contribution in [3.8, 4) is 23.8 Å². The minimum atomic E-state index is 0.301. The maximum Gasteiger partial charge on any atom is 0.230 e. The fraction of sp³-hybridized carbons (Fsp3) is 0. The van der Waals surface area contributed by atoms with Crippen LogP contribution in [0.3, 0.4) is 0 Å². The van der Waals surface area contributed by atoms with Crippen LogP contribution in [0.25, 0.3) is 0 Å². The van der Waals surface area contributed by atoms with Crippen molar-refractivity contribution in [3.05, 3.63) is 40.2 Å². The third-order valence-corrected chi connectivity index (χ3v) is 2.43. The molecule has 0 aliphatic heterocycles. The number of rotatable bonds is 2. The van der Waals surface area contributed by atoms with Crippen molar-refractivity contribution in [1.29, 1.82) is 10.5 Å². The SMILES string of the molecule is N#Cc1ccc(Oc2cscn2)cc1C#N. The first-order valence-corrected chi connectivity index (χ1v) is 5.28. The van der Waals surface area contributed by atoms with E-state index in [1.165, 1.54) is 17.4 Å². The Bertz CT molecular complexity index is 578. The number of benzene rings is 1. The zero-order valence-electron chi connectivity index (χ0n) is 8.04. The Morgan fingerprint density at radius 1 is 1.19 bits per heavy atom. The molecule has 16 heavy (non-hydrogen) atoms. The summed E-state index contributed by atoms with van der Waals surface area (Å²) in [4.78, 5) is 3.96. The Morgan fingerprint density at radius 3 is 2.62 bits per heavy atom. The molecule has 0 saturated carbocycles. The van der Waals surface area contributed by atoms with Gasteiger partial charge in [0.2, 0.25) is 5.88 Å². The monoisotopic (exact) mass is 227 g/mol. The molecule has 0 aliphatic rings. The maximum atomic E-state index is 8.83. The molecule has 0 unspecified atom stereocenters. The molecular weight excluding hydrogens is 222 g/mol. The molecule has 76 valence electrons. The highest BCUT2D eigenvalue weighted by molar-refractivity contribution is 7.07. The van der Waals surface area contributed by atoms with Gasteiger partial charge >= 0.3 is 0 Å². The van der Waals surface area contributed by atoms with E-state index >= 15 is 0 Å². The fourth-order valence-corrected chi connectivity index (χ4v) is 1.60. The summed E-state index contributed by atoms with van der Waals surface area (Å²) in [7, 11) is 0. The molecule has 0 bridgehead atoms. The van der Waals surface area contributed by atoms with E-state index in [2.05, 4.69) is 4.98 Å². The zero-order valence-corrected chi connectivity index (χ0v) is 8.86. The van der Waals surface area contributed by atoms with Crippen molar-refractivity contribution in [1.82, 2.24) is 4.98 Å². The van der Waals surface area contributed by atoms with Crippen molar-refractivity contribution >= 4 is 11.3 Å². The van der Waals surface area contributed by atoms with Gasteiger partial charge in [-0.15, -0.1) is 11.3 Å². The van der Waals surface area contributed by atoms with Crippen LogP contribution in [0.15, 0.2) is 29.1 Å². The molecule has 0 aliphatic carbocycles. The normalized spacial score (nSPS) is 9.12. The summed E-state index contributed by atoms with van der Waals surface area (Å²) >= 11 is 1.42. The van der Waals surface area contributed by atoms with E-state index in [0.717, 1.165) is 0 Å². The highest BCUT2D eigenvalue weighted by Crippen LogP contribution is 2.23. The maximum absolute atomic E-state index is 8.83. The molecule has 0 atom stereocenters. The lowest BCUT2D eigenvalue weighted by Gasteiger charge is -2.02. The first-order chi connectivity index (χ1) is 7.83. The van der Waals surface area contributed by atoms with E-state index < -0.39 is 0 Å². The van der Waals surface area contributed by atoms with Crippen molar-refractivity contribution in [3.63, 3.8) is 0 Å². The quantitative estimate of drug-likeness (QED) is 0.790. The van der Waals surface area contributed by atoms with E-state index in [9.17, 15) is 0 Å². The van der Waals surface area contributed by atoms with Crippen LogP contribution in [0.1, 0.15) is 11.1 Å². The summed E-state index contributed by atoms with van der Waals surface area (Å²) in [5.74, 6) is 0.986. The van der Waals surface area contributed by atoms with Gasteiger partial charge in [-0.05, 0) is 18.2 Å². The van der Waals surface area contributed by atoms with Crippen molar-refractivity contribution < 1.29 is 4.74 Å². The van der Waals surface area contributed by atoms with Crippen LogP contribution >= 0.6 is 11.3 Å². The Balaban J connectivity index is 2.31. The average Bonchev–Trinajstić information content (AvgIpc) is 2.81. The van der Waals surface area contributed by atoms with Gasteiger partial charge in [-0.1, -0.05) is 0 Å². The van der Waals surface area contributed by atoms with E-state index in [1.54, 1.807) is 23.0 Å². The van der Waals surface area contributed by atoms with Gasteiger partial charge in [0, 0.05) is 0 Å². The first kappa shape index (κ1) is 10.2. The van der Waals surface area contributed by atoms with Crippen LogP contribution in [-0.4, -0.2) is 4.98 Å². The average molecular weight is 227 g/mol. The smallest absolute Gasteiger partial charge is 0.230 e. The lowest BCUT2D eigenvalue weighted by Crippen LogP contribution is -1.88. The Labute approximate surface area is 96.0 Å². The summed E-state index contributed by atoms with van der Waals surface area (Å²) in [5, 5.41) is 19.3. The Kier molecular flexibility index (Phi) is 2.81. The zero-order chi connectivity index (χ0) is 11.4. The molecule has 0 spiro atoms. The molecule has 1 heterocycles. The predicted molar refractivity (Wildman–Crippen MR) is 58.1 cm³/mol. The second-order valence-corrected chi connectivity index (χ2v) is 3.58. The number of hydrogen-bond acceptors (Lipinski definition) is 5. The largest absolute Gasteiger partial charge is 0.438 e. The summed E-state index contributed by atoms with van der Waals surface area (Å²) in [6, 6.07) is 8.61. The van der Waals surface area contributed by atoms with Crippen LogP contribution in [0, 0.1) is 22.7 Å². The summed E-state index contributed by atoms with van der Waals surface area (Å²) in [5.41, 5.74) is 2.30. The molecule has 0 amide bonds. The topological polar surface area (TPSA) is 69.7 Å². The molecule has 0 N–H and O–H groups in total. The minimum Gasteiger partial charge on any atom is -0.438 e. The van der Waals surface area contributed by atoms with Gasteiger partial charge in [-0.25, -0.2) is 4.98 Å². The van der Waals surface area contributed by atoms with Gasteiger partial charge in [0.05, 0.1) is 22.0 Å². The Morgan fingerprint density at radius 2 is 2.00 bits per heavy atom. The third-order valence-electron chi connectivity index (χ3n) is 1.86. The number of aromatic nitrogens is 1. The van der Waals surface area contributed by atoms with Crippen LogP contribution in [0.4, 0.5) is 0 Å². The predicted octanol–water partition coefficient (Wildman–Crippen LogP) is 2.68. The minimum absolute atomic E-state index is 0.301. The second kappa shape index (κ2) is 4.43. The molecule has 1 aromatic carbocycles. The summed E-state index contributed by atoms with van der Waals surface area (Å²) < 4.78 is 5.40. The van der Waals surface area contributed by atoms with Gasteiger partial charge in [-0.2, -0.15) is 10.5 Å². The van der Waals surface area contributed by atoms with Crippen molar-refractivity contribution in [2.24, 2.45) is 0 Å². The molecule has 1 aromatic heterocycles. The van der Waals surface area contributed by atoms with Crippen LogP contribution in [0.5, 0.6) is 11.6 Å². The van der Waals surface area contributed by atoms with Gasteiger partial charge in [-0.3, -0.25) is 0 Å². The highest BCUT2D eigenvalue weighted by Gasteiger charge is 2.05. The summed E-state index contributed by atoms with van der Waals surface area (Å²) in [6.45, 7) is 0. The first-order valence-electron chi connectivity index (χ1n) is 4.34. The molecule has 0 radical (unpaired) electrons. The summed E-state index contributed by atoms with van der Waals surface area (Å²) in [6.07, 6.45) is 0. The molecule has 0 saturated heterocycles. The molecule has 0 fully saturated rings. The van der Waals surface area contributed by atoms with Crippen LogP contribution in [0.2, 0.25) is 0 Å². The van der Waals surface area contributed by atoms with Crippen LogP contribution in [-0.2, 0) is 0 Å². The van der Waals surface area contributed by atoms with Gasteiger partial charge in [0.1, 0.15) is 17.9 Å². The highest BCUT2D eigenvalue weighted by atomic mass is 32.1. The number of ether oxygens (including phenoxy) is 1. The molecule has 2 aromatic rings. The number of nitriles is 2. The standard InChI is InChI=1S/C11H5N3OS/c12-4-8-1-2-10(3-9(8)5-13)15-11-6-16-7-14-11/h1-3,6-7H. The molecule has 5 heteroatoms. The molecule has 2 rings (SSSR count). The van der Waals surface area contributed by atoms with E-state index in [1.807, 2.05) is 12.1 Å². The van der Waals surface area contributed by atoms with E-state index in [4.69, 9.17) is 15.3 Å². The van der Waals surface area contributed by atoms with E-state index in [-0.39, 0.29) is 0 Å². The molecule has 4 nitrogen and oxygen atoms in total. The number of thiazole rings is 1.